The van der Waals surface area contributed by atoms with Crippen molar-refractivity contribution in [2.24, 2.45) is 5.73 Å². The number of rotatable bonds is 2. The van der Waals surface area contributed by atoms with Crippen molar-refractivity contribution in [2.75, 3.05) is 0 Å². The Morgan fingerprint density at radius 1 is 1.30 bits per heavy atom. The fourth-order valence-corrected chi connectivity index (χ4v) is 2.84. The number of carbonyl (C=O) groups is 1. The Morgan fingerprint density at radius 3 is 3.05 bits per heavy atom. The van der Waals surface area contributed by atoms with E-state index < -0.39 is 0 Å². The molecule has 2 aromatic rings. The molecule has 0 aliphatic heterocycles. The van der Waals surface area contributed by atoms with Gasteiger partial charge in [0.25, 0.3) is 5.91 Å². The third-order valence-electron chi connectivity index (χ3n) is 4.07. The first-order valence-electron chi connectivity index (χ1n) is 7.23. The summed E-state index contributed by atoms with van der Waals surface area (Å²) in [5.74, 6) is -0.0520. The molecule has 1 fully saturated rings. The summed E-state index contributed by atoms with van der Waals surface area (Å²) < 4.78 is 0. The summed E-state index contributed by atoms with van der Waals surface area (Å²) in [5.41, 5.74) is 8.55. The van der Waals surface area contributed by atoms with E-state index in [9.17, 15) is 4.79 Å². The van der Waals surface area contributed by atoms with Crippen LogP contribution in [0.1, 0.15) is 42.5 Å². The number of nitrogens with one attached hydrogen (secondary N) is 2. The van der Waals surface area contributed by atoms with Gasteiger partial charge >= 0.3 is 0 Å². The van der Waals surface area contributed by atoms with Crippen LogP contribution in [0, 0.1) is 0 Å². The van der Waals surface area contributed by atoms with Crippen molar-refractivity contribution in [3.63, 3.8) is 0 Å². The van der Waals surface area contributed by atoms with Gasteiger partial charge in [0.1, 0.15) is 0 Å². The van der Waals surface area contributed by atoms with Gasteiger partial charge in [-0.05, 0) is 31.0 Å². The lowest BCUT2D eigenvalue weighted by Gasteiger charge is -2.22. The minimum absolute atomic E-state index is 0.0520. The quantitative estimate of drug-likeness (QED) is 0.731. The molecule has 5 heteroatoms. The smallest absolute Gasteiger partial charge is 0.251 e. The zero-order chi connectivity index (χ0) is 13.9. The molecule has 106 valence electrons. The molecule has 1 heterocycles. The van der Waals surface area contributed by atoms with Crippen LogP contribution in [0.15, 0.2) is 24.5 Å². The maximum absolute atomic E-state index is 12.3. The number of nitrogens with two attached hydrogens (primary N) is 1. The van der Waals surface area contributed by atoms with Crippen LogP contribution in [0.3, 0.4) is 0 Å². The summed E-state index contributed by atoms with van der Waals surface area (Å²) in [4.78, 5) is 19.5. The van der Waals surface area contributed by atoms with Gasteiger partial charge in [-0.2, -0.15) is 0 Å². The Kier molecular flexibility index (Phi) is 3.69. The van der Waals surface area contributed by atoms with Crippen LogP contribution >= 0.6 is 0 Å². The molecule has 0 saturated heterocycles. The molecule has 0 spiro atoms. The fourth-order valence-electron chi connectivity index (χ4n) is 2.84. The number of H-pyrrole nitrogens is 1. The number of amides is 1. The second-order valence-corrected chi connectivity index (χ2v) is 5.52. The van der Waals surface area contributed by atoms with Crippen LogP contribution in [0.4, 0.5) is 0 Å². The van der Waals surface area contributed by atoms with Gasteiger partial charge in [0, 0.05) is 17.6 Å². The number of carbonyl (C=O) groups excluding carboxylic acids is 1. The van der Waals surface area contributed by atoms with Crippen LogP contribution in [-0.2, 0) is 0 Å². The van der Waals surface area contributed by atoms with E-state index in [0.717, 1.165) is 36.7 Å². The third-order valence-corrected chi connectivity index (χ3v) is 4.07. The van der Waals surface area contributed by atoms with E-state index in [1.807, 2.05) is 12.1 Å². The maximum Gasteiger partial charge on any atom is 0.251 e. The van der Waals surface area contributed by atoms with Gasteiger partial charge in [-0.15, -0.1) is 0 Å². The summed E-state index contributed by atoms with van der Waals surface area (Å²) in [6.07, 6.45) is 7.10. The standard InChI is InChI=1S/C15H20N4O/c16-11-4-2-1-3-5-12(11)19-15(20)10-6-7-13-14(8-10)18-9-17-13/h6-9,11-12H,1-5,16H2,(H,17,18)(H,19,20). The highest BCUT2D eigenvalue weighted by molar-refractivity contribution is 5.97. The van der Waals surface area contributed by atoms with Crippen LogP contribution in [0.25, 0.3) is 11.0 Å². The maximum atomic E-state index is 12.3. The number of aromatic amines is 1. The average molecular weight is 272 g/mol. The van der Waals surface area contributed by atoms with Crippen LogP contribution in [0.2, 0.25) is 0 Å². The predicted molar refractivity (Wildman–Crippen MR) is 78.4 cm³/mol. The molecule has 3 rings (SSSR count). The highest BCUT2D eigenvalue weighted by Crippen LogP contribution is 2.18. The number of nitrogens with zero attached hydrogens (tertiary/aromatic N) is 1. The molecule has 2 unspecified atom stereocenters. The number of imidazole rings is 1. The second-order valence-electron chi connectivity index (χ2n) is 5.52. The molecule has 1 amide bonds. The zero-order valence-corrected chi connectivity index (χ0v) is 11.4. The van der Waals surface area contributed by atoms with E-state index in [4.69, 9.17) is 5.73 Å². The van der Waals surface area contributed by atoms with E-state index in [-0.39, 0.29) is 18.0 Å². The average Bonchev–Trinajstić information content (AvgIpc) is 2.83. The van der Waals surface area contributed by atoms with Crippen molar-refractivity contribution >= 4 is 16.9 Å². The van der Waals surface area contributed by atoms with Crippen molar-refractivity contribution in [2.45, 2.75) is 44.2 Å². The van der Waals surface area contributed by atoms with Crippen molar-refractivity contribution < 1.29 is 4.79 Å². The highest BCUT2D eigenvalue weighted by atomic mass is 16.1. The molecule has 1 aromatic heterocycles. The normalized spacial score (nSPS) is 23.4. The van der Waals surface area contributed by atoms with Crippen molar-refractivity contribution in [3.8, 4) is 0 Å². The van der Waals surface area contributed by atoms with Gasteiger partial charge in [-0.25, -0.2) is 4.98 Å². The highest BCUT2D eigenvalue weighted by Gasteiger charge is 2.22. The minimum Gasteiger partial charge on any atom is -0.348 e. The monoisotopic (exact) mass is 272 g/mol. The van der Waals surface area contributed by atoms with E-state index in [1.54, 1.807) is 12.4 Å². The van der Waals surface area contributed by atoms with Gasteiger partial charge in [0.15, 0.2) is 0 Å². The van der Waals surface area contributed by atoms with Gasteiger partial charge in [-0.3, -0.25) is 4.79 Å². The number of hydrogen-bond donors (Lipinski definition) is 3. The SMILES string of the molecule is NC1CCCCCC1NC(=O)c1ccc2nc[nH]c2c1. The summed E-state index contributed by atoms with van der Waals surface area (Å²) in [6.45, 7) is 0. The molecule has 1 aliphatic rings. The molecule has 0 bridgehead atoms. The van der Waals surface area contributed by atoms with Gasteiger partial charge in [0.2, 0.25) is 0 Å². The summed E-state index contributed by atoms with van der Waals surface area (Å²) in [5, 5.41) is 3.08. The topological polar surface area (TPSA) is 83.8 Å². The Bertz CT molecular complexity index is 607. The summed E-state index contributed by atoms with van der Waals surface area (Å²) in [7, 11) is 0. The first-order chi connectivity index (χ1) is 9.74. The number of aromatic nitrogens is 2. The molecule has 20 heavy (non-hydrogen) atoms. The molecule has 5 nitrogen and oxygen atoms in total. The molecule has 2 atom stereocenters. The number of benzene rings is 1. The van der Waals surface area contributed by atoms with Crippen LogP contribution in [0.5, 0.6) is 0 Å². The first kappa shape index (κ1) is 13.1. The Labute approximate surface area is 118 Å². The molecule has 0 radical (unpaired) electrons. The lowest BCUT2D eigenvalue weighted by Crippen LogP contribution is -2.46. The predicted octanol–water partition coefficient (Wildman–Crippen LogP) is 1.95. The van der Waals surface area contributed by atoms with E-state index in [2.05, 4.69) is 15.3 Å². The molecule has 4 N–H and O–H groups in total. The number of hydrogen-bond acceptors (Lipinski definition) is 3. The Morgan fingerprint density at radius 2 is 2.15 bits per heavy atom. The Balaban J connectivity index is 1.74. The lowest BCUT2D eigenvalue weighted by molar-refractivity contribution is 0.0929. The lowest BCUT2D eigenvalue weighted by atomic mass is 10.0. The molecule has 1 saturated carbocycles. The molecular weight excluding hydrogens is 252 g/mol. The number of fused-ring (bicyclic) bond motifs is 1. The third kappa shape index (κ3) is 2.67. The van der Waals surface area contributed by atoms with Gasteiger partial charge in [0.05, 0.1) is 17.4 Å². The Hall–Kier alpha value is -1.88. The van der Waals surface area contributed by atoms with Gasteiger partial charge < -0.3 is 16.0 Å². The van der Waals surface area contributed by atoms with E-state index >= 15 is 0 Å². The largest absolute Gasteiger partial charge is 0.348 e. The van der Waals surface area contributed by atoms with Crippen molar-refractivity contribution in [3.05, 3.63) is 30.1 Å². The fraction of sp³-hybridized carbons (Fsp3) is 0.467. The van der Waals surface area contributed by atoms with Gasteiger partial charge in [-0.1, -0.05) is 19.3 Å². The summed E-state index contributed by atoms with van der Waals surface area (Å²) in [6, 6.07) is 5.65. The van der Waals surface area contributed by atoms with Crippen molar-refractivity contribution in [1.29, 1.82) is 0 Å². The first-order valence-corrected chi connectivity index (χ1v) is 7.23. The van der Waals surface area contributed by atoms with E-state index in [1.165, 1.54) is 6.42 Å². The van der Waals surface area contributed by atoms with E-state index in [0.29, 0.717) is 5.56 Å². The molecule has 1 aromatic carbocycles. The van der Waals surface area contributed by atoms with Crippen LogP contribution < -0.4 is 11.1 Å². The zero-order valence-electron chi connectivity index (χ0n) is 11.4. The molecular formula is C15H20N4O. The van der Waals surface area contributed by atoms with Crippen LogP contribution in [-0.4, -0.2) is 28.0 Å². The minimum atomic E-state index is -0.0520. The molecule has 1 aliphatic carbocycles. The second kappa shape index (κ2) is 5.63. The van der Waals surface area contributed by atoms with Crippen molar-refractivity contribution in [1.82, 2.24) is 15.3 Å². The summed E-state index contributed by atoms with van der Waals surface area (Å²) >= 11 is 0.